The molecule has 2 nitrogen and oxygen atoms in total. The number of carbonyl (C=O) groups excluding carboxylic acids is 1. The molecule has 4 saturated carbocycles. The predicted octanol–water partition coefficient (Wildman–Crippen LogP) is 4.21. The highest BCUT2D eigenvalue weighted by molar-refractivity contribution is 5.83. The van der Waals surface area contributed by atoms with Gasteiger partial charge in [-0.05, 0) is 73.0 Å². The van der Waals surface area contributed by atoms with Crippen LogP contribution in [0.15, 0.2) is 0 Å². The zero-order chi connectivity index (χ0) is 15.5. The van der Waals surface area contributed by atoms with Gasteiger partial charge in [0.05, 0.1) is 0 Å². The van der Waals surface area contributed by atoms with Crippen LogP contribution in [0.1, 0.15) is 71.6 Å². The second-order valence-electron chi connectivity index (χ2n) is 9.45. The highest BCUT2D eigenvalue weighted by Gasteiger charge is 2.61. The third-order valence-electron chi connectivity index (χ3n) is 8.60. The molecule has 0 radical (unpaired) electrons. The van der Waals surface area contributed by atoms with Crippen molar-refractivity contribution in [1.29, 1.82) is 0 Å². The molecule has 0 aromatic heterocycles. The summed E-state index contributed by atoms with van der Waals surface area (Å²) in [5, 5.41) is 9.88. The van der Waals surface area contributed by atoms with Gasteiger partial charge >= 0.3 is 0 Å². The van der Waals surface area contributed by atoms with Crippen molar-refractivity contribution in [2.75, 3.05) is 6.61 Å². The number of aliphatic hydroxyl groups excluding tert-OH is 1. The van der Waals surface area contributed by atoms with Crippen LogP contribution in [0.25, 0.3) is 0 Å². The summed E-state index contributed by atoms with van der Waals surface area (Å²) < 4.78 is 0. The van der Waals surface area contributed by atoms with Gasteiger partial charge in [-0.3, -0.25) is 4.79 Å². The Kier molecular flexibility index (Phi) is 3.49. The second-order valence-corrected chi connectivity index (χ2v) is 9.45. The molecule has 1 unspecified atom stereocenters. The van der Waals surface area contributed by atoms with Gasteiger partial charge < -0.3 is 5.11 Å². The molecular formula is C20H32O2. The Balaban J connectivity index is 1.72. The number of aliphatic hydroxyl groups is 1. The van der Waals surface area contributed by atoms with E-state index in [0.29, 0.717) is 40.3 Å². The van der Waals surface area contributed by atoms with Gasteiger partial charge in [0, 0.05) is 18.9 Å². The fourth-order valence-corrected chi connectivity index (χ4v) is 7.37. The van der Waals surface area contributed by atoms with Crippen LogP contribution in [0.3, 0.4) is 0 Å². The maximum absolute atomic E-state index is 13.1. The second kappa shape index (κ2) is 5.06. The van der Waals surface area contributed by atoms with Gasteiger partial charge in [-0.25, -0.2) is 0 Å². The highest BCUT2D eigenvalue weighted by atomic mass is 16.3. The summed E-state index contributed by atoms with van der Waals surface area (Å²) in [5.41, 5.74) is 0.725. The van der Waals surface area contributed by atoms with E-state index < -0.39 is 0 Å². The van der Waals surface area contributed by atoms with E-state index in [4.69, 9.17) is 0 Å². The van der Waals surface area contributed by atoms with Crippen molar-refractivity contribution in [2.45, 2.75) is 71.6 Å². The number of ketones is 1. The topological polar surface area (TPSA) is 37.3 Å². The lowest BCUT2D eigenvalue weighted by Gasteiger charge is -2.59. The fraction of sp³-hybridized carbons (Fsp3) is 0.950. The Bertz CT molecular complexity index is 472. The Morgan fingerprint density at radius 3 is 2.64 bits per heavy atom. The molecule has 1 N–H and O–H groups in total. The number of carbonyl (C=O) groups is 1. The molecule has 0 spiro atoms. The smallest absolute Gasteiger partial charge is 0.136 e. The number of fused-ring (bicyclic) bond motifs is 5. The van der Waals surface area contributed by atoms with Crippen molar-refractivity contribution in [2.24, 2.45) is 40.4 Å². The van der Waals surface area contributed by atoms with E-state index in [0.717, 1.165) is 12.8 Å². The Morgan fingerprint density at radius 2 is 1.86 bits per heavy atom. The normalized spacial score (nSPS) is 54.5. The zero-order valence-corrected chi connectivity index (χ0v) is 14.3. The van der Waals surface area contributed by atoms with E-state index in [-0.39, 0.29) is 12.5 Å². The summed E-state index contributed by atoms with van der Waals surface area (Å²) in [4.78, 5) is 13.1. The molecular weight excluding hydrogens is 272 g/mol. The van der Waals surface area contributed by atoms with Crippen LogP contribution in [0, 0.1) is 40.4 Å². The minimum absolute atomic E-state index is 0.262. The third kappa shape index (κ3) is 1.92. The van der Waals surface area contributed by atoms with Crippen molar-refractivity contribution < 1.29 is 9.90 Å². The zero-order valence-electron chi connectivity index (χ0n) is 14.3. The average Bonchev–Trinajstić information content (AvgIpc) is 2.85. The molecule has 0 bridgehead atoms. The molecule has 4 rings (SSSR count). The standard InChI is InChI=1S/C20H32O2/c1-19-9-6-13(12-21)18(19)17-15(7-10-19)20(2)8-4-3-5-14(20)11-16(17)22/h13-15,17-18,21H,3-12H2,1-2H3/t13?,14-,15+,17+,18+,19+,20+/m1/s1. The van der Waals surface area contributed by atoms with Gasteiger partial charge in [0.25, 0.3) is 0 Å². The molecule has 22 heavy (non-hydrogen) atoms. The maximum atomic E-state index is 13.1. The van der Waals surface area contributed by atoms with E-state index in [2.05, 4.69) is 13.8 Å². The molecule has 4 aliphatic carbocycles. The first-order valence-corrected chi connectivity index (χ1v) is 9.63. The van der Waals surface area contributed by atoms with Crippen LogP contribution in [0.5, 0.6) is 0 Å². The van der Waals surface area contributed by atoms with Crippen molar-refractivity contribution in [3.8, 4) is 0 Å². The SMILES string of the molecule is C[C@@]12CCC(CO)[C@H]1[C@@H]1C(=O)C[C@H]3CCCC[C@]3(C)[C@H]1CC2. The summed E-state index contributed by atoms with van der Waals surface area (Å²) in [7, 11) is 0. The van der Waals surface area contributed by atoms with Gasteiger partial charge in [0.2, 0.25) is 0 Å². The van der Waals surface area contributed by atoms with E-state index in [9.17, 15) is 9.90 Å². The monoisotopic (exact) mass is 304 g/mol. The van der Waals surface area contributed by atoms with Gasteiger partial charge in [0.15, 0.2) is 0 Å². The predicted molar refractivity (Wildman–Crippen MR) is 87.3 cm³/mol. The molecule has 0 heterocycles. The molecule has 7 atom stereocenters. The molecule has 0 aromatic rings. The molecule has 4 aliphatic rings. The summed E-state index contributed by atoms with van der Waals surface area (Å²) in [6, 6.07) is 0. The maximum Gasteiger partial charge on any atom is 0.136 e. The van der Waals surface area contributed by atoms with Gasteiger partial charge in [-0.15, -0.1) is 0 Å². The molecule has 0 saturated heterocycles. The lowest BCUT2D eigenvalue weighted by atomic mass is 9.44. The molecule has 4 fully saturated rings. The molecule has 0 aromatic carbocycles. The van der Waals surface area contributed by atoms with Crippen molar-refractivity contribution in [3.63, 3.8) is 0 Å². The van der Waals surface area contributed by atoms with Crippen molar-refractivity contribution in [1.82, 2.24) is 0 Å². The largest absolute Gasteiger partial charge is 0.396 e. The number of hydrogen-bond acceptors (Lipinski definition) is 2. The molecule has 2 heteroatoms. The van der Waals surface area contributed by atoms with Crippen LogP contribution in [-0.4, -0.2) is 17.5 Å². The van der Waals surface area contributed by atoms with Gasteiger partial charge in [-0.2, -0.15) is 0 Å². The summed E-state index contributed by atoms with van der Waals surface area (Å²) in [6.07, 6.45) is 11.0. The highest BCUT2D eigenvalue weighted by Crippen LogP contribution is 2.66. The van der Waals surface area contributed by atoms with Crippen LogP contribution < -0.4 is 0 Å². The van der Waals surface area contributed by atoms with E-state index >= 15 is 0 Å². The quantitative estimate of drug-likeness (QED) is 0.788. The minimum atomic E-state index is 0.262. The lowest BCUT2D eigenvalue weighted by molar-refractivity contribution is -0.157. The van der Waals surface area contributed by atoms with Crippen LogP contribution in [-0.2, 0) is 4.79 Å². The Hall–Kier alpha value is -0.370. The molecule has 0 aliphatic heterocycles. The van der Waals surface area contributed by atoms with Crippen LogP contribution in [0.4, 0.5) is 0 Å². The first-order valence-electron chi connectivity index (χ1n) is 9.63. The minimum Gasteiger partial charge on any atom is -0.396 e. The van der Waals surface area contributed by atoms with Gasteiger partial charge in [0.1, 0.15) is 5.78 Å². The van der Waals surface area contributed by atoms with Crippen LogP contribution in [0.2, 0.25) is 0 Å². The first-order chi connectivity index (χ1) is 10.5. The Labute approximate surface area is 135 Å². The first kappa shape index (κ1) is 15.2. The average molecular weight is 304 g/mol. The molecule has 0 amide bonds. The number of Topliss-reactive ketones (excluding diaryl/α,β-unsaturated/α-hetero) is 1. The number of rotatable bonds is 1. The fourth-order valence-electron chi connectivity index (χ4n) is 7.37. The van der Waals surface area contributed by atoms with E-state index in [1.54, 1.807) is 0 Å². The summed E-state index contributed by atoms with van der Waals surface area (Å²) >= 11 is 0. The van der Waals surface area contributed by atoms with E-state index in [1.165, 1.54) is 44.9 Å². The summed E-state index contributed by atoms with van der Waals surface area (Å²) in [6.45, 7) is 5.20. The van der Waals surface area contributed by atoms with E-state index in [1.807, 2.05) is 0 Å². The van der Waals surface area contributed by atoms with Crippen LogP contribution >= 0.6 is 0 Å². The van der Waals surface area contributed by atoms with Crippen molar-refractivity contribution >= 4 is 5.78 Å². The summed E-state index contributed by atoms with van der Waals surface area (Å²) in [5.74, 6) is 2.91. The Morgan fingerprint density at radius 1 is 1.09 bits per heavy atom. The third-order valence-corrected chi connectivity index (χ3v) is 8.60. The lowest BCUT2D eigenvalue weighted by Crippen LogP contribution is -2.56. The molecule has 124 valence electrons. The van der Waals surface area contributed by atoms with Gasteiger partial charge in [-0.1, -0.05) is 26.7 Å². The number of hydrogen-bond donors (Lipinski definition) is 1. The van der Waals surface area contributed by atoms with Crippen molar-refractivity contribution in [3.05, 3.63) is 0 Å².